The molecule has 1 aromatic heterocycles. The van der Waals surface area contributed by atoms with Gasteiger partial charge < -0.3 is 5.11 Å². The van der Waals surface area contributed by atoms with E-state index in [-0.39, 0.29) is 5.95 Å². The minimum Gasteiger partial charge on any atom is -0.508 e. The monoisotopic (exact) mass is 220 g/mol. The molecule has 0 unspecified atom stereocenters. The summed E-state index contributed by atoms with van der Waals surface area (Å²) in [6.45, 7) is 1.99. The van der Waals surface area contributed by atoms with Crippen LogP contribution in [0.3, 0.4) is 0 Å². The van der Waals surface area contributed by atoms with Crippen molar-refractivity contribution in [2.45, 2.75) is 6.92 Å². The SMILES string of the molecule is C[n+]1ccccc1F.Cc1ccc(O)cc1. The first kappa shape index (κ1) is 12.2. The Bertz CT molecular complexity index is 398. The minimum absolute atomic E-state index is 0.215. The van der Waals surface area contributed by atoms with Gasteiger partial charge in [0.05, 0.1) is 0 Å². The standard InChI is InChI=1S/C7H8O.C6H7FN/c1-6-2-4-7(8)5-3-6;1-8-5-3-2-4-6(8)7/h2-5,8H,1H3;2-5H,1H3/q;+1. The summed E-state index contributed by atoms with van der Waals surface area (Å²) in [5.41, 5.74) is 1.17. The summed E-state index contributed by atoms with van der Waals surface area (Å²) in [5, 5.41) is 8.76. The fourth-order valence-electron chi connectivity index (χ4n) is 1.05. The quantitative estimate of drug-likeness (QED) is 0.535. The van der Waals surface area contributed by atoms with E-state index in [1.165, 1.54) is 16.2 Å². The Hall–Kier alpha value is -1.90. The van der Waals surface area contributed by atoms with Crippen molar-refractivity contribution in [2.75, 3.05) is 0 Å². The zero-order chi connectivity index (χ0) is 12.0. The molecule has 0 saturated carbocycles. The molecule has 0 fully saturated rings. The Morgan fingerprint density at radius 2 is 1.69 bits per heavy atom. The predicted octanol–water partition coefficient (Wildman–Crippen LogP) is 2.35. The number of aromatic hydroxyl groups is 1. The van der Waals surface area contributed by atoms with E-state index in [4.69, 9.17) is 5.11 Å². The van der Waals surface area contributed by atoms with Gasteiger partial charge in [-0.2, -0.15) is 4.57 Å². The maximum atomic E-state index is 12.3. The van der Waals surface area contributed by atoms with Crippen LogP contribution in [0.4, 0.5) is 4.39 Å². The highest BCUT2D eigenvalue weighted by Gasteiger charge is 1.97. The third-order valence-corrected chi connectivity index (χ3v) is 2.03. The molecule has 0 aliphatic heterocycles. The molecule has 16 heavy (non-hydrogen) atoms. The normalized spacial score (nSPS) is 9.19. The van der Waals surface area contributed by atoms with Crippen molar-refractivity contribution >= 4 is 0 Å². The number of pyridine rings is 1. The van der Waals surface area contributed by atoms with Crippen molar-refractivity contribution in [3.05, 3.63) is 60.2 Å². The van der Waals surface area contributed by atoms with Gasteiger partial charge in [0.1, 0.15) is 12.8 Å². The van der Waals surface area contributed by atoms with Crippen LogP contribution in [0, 0.1) is 12.9 Å². The number of rotatable bonds is 0. The molecule has 0 amide bonds. The molecule has 0 aliphatic rings. The van der Waals surface area contributed by atoms with E-state index in [2.05, 4.69) is 0 Å². The van der Waals surface area contributed by atoms with Crippen molar-refractivity contribution in [3.63, 3.8) is 0 Å². The van der Waals surface area contributed by atoms with Gasteiger partial charge in [-0.25, -0.2) is 0 Å². The first-order chi connectivity index (χ1) is 7.59. The van der Waals surface area contributed by atoms with Crippen molar-refractivity contribution in [2.24, 2.45) is 7.05 Å². The molecule has 0 atom stereocenters. The highest BCUT2D eigenvalue weighted by atomic mass is 19.1. The third kappa shape index (κ3) is 4.09. The maximum Gasteiger partial charge on any atom is 0.359 e. The number of benzene rings is 1. The lowest BCUT2D eigenvalue weighted by molar-refractivity contribution is -0.700. The smallest absolute Gasteiger partial charge is 0.359 e. The number of nitrogens with zero attached hydrogens (tertiary/aromatic N) is 1. The summed E-state index contributed by atoms with van der Waals surface area (Å²) in [6, 6.07) is 12.0. The van der Waals surface area contributed by atoms with E-state index in [0.717, 1.165) is 0 Å². The number of phenolic OH excluding ortho intramolecular Hbond substituents is 1. The molecule has 1 heterocycles. The molecule has 2 aromatic rings. The van der Waals surface area contributed by atoms with Gasteiger partial charge in [0.25, 0.3) is 0 Å². The van der Waals surface area contributed by atoms with Gasteiger partial charge in [-0.1, -0.05) is 17.7 Å². The Labute approximate surface area is 94.6 Å². The fraction of sp³-hybridized carbons (Fsp3) is 0.154. The number of hydrogen-bond acceptors (Lipinski definition) is 1. The van der Waals surface area contributed by atoms with Crippen LogP contribution in [-0.2, 0) is 7.05 Å². The zero-order valence-corrected chi connectivity index (χ0v) is 9.39. The highest BCUT2D eigenvalue weighted by Crippen LogP contribution is 2.07. The van der Waals surface area contributed by atoms with Crippen LogP contribution in [-0.4, -0.2) is 5.11 Å². The largest absolute Gasteiger partial charge is 0.508 e. The lowest BCUT2D eigenvalue weighted by Crippen LogP contribution is -2.31. The third-order valence-electron chi connectivity index (χ3n) is 2.03. The molecule has 3 heteroatoms. The van der Waals surface area contributed by atoms with Crippen LogP contribution < -0.4 is 4.57 Å². The van der Waals surface area contributed by atoms with Gasteiger partial charge in [-0.3, -0.25) is 0 Å². The fourth-order valence-corrected chi connectivity index (χ4v) is 1.05. The van der Waals surface area contributed by atoms with Crippen molar-refractivity contribution in [3.8, 4) is 5.75 Å². The highest BCUT2D eigenvalue weighted by molar-refractivity contribution is 5.24. The van der Waals surface area contributed by atoms with Crippen LogP contribution in [0.1, 0.15) is 5.56 Å². The Morgan fingerprint density at radius 3 is 2.06 bits per heavy atom. The van der Waals surface area contributed by atoms with Crippen LogP contribution >= 0.6 is 0 Å². The Balaban J connectivity index is 0.000000160. The number of aryl methyl sites for hydroxylation is 2. The lowest BCUT2D eigenvalue weighted by atomic mass is 10.2. The van der Waals surface area contributed by atoms with E-state index >= 15 is 0 Å². The Morgan fingerprint density at radius 1 is 1.06 bits per heavy atom. The first-order valence-corrected chi connectivity index (χ1v) is 4.95. The summed E-state index contributed by atoms with van der Waals surface area (Å²) in [5.74, 6) is 0.114. The molecule has 0 radical (unpaired) electrons. The molecule has 0 bridgehead atoms. The van der Waals surface area contributed by atoms with Crippen molar-refractivity contribution < 1.29 is 14.1 Å². The Kier molecular flexibility index (Phi) is 4.45. The van der Waals surface area contributed by atoms with Crippen molar-refractivity contribution in [1.82, 2.24) is 0 Å². The second kappa shape index (κ2) is 5.85. The second-order valence-electron chi connectivity index (χ2n) is 3.47. The molecule has 2 nitrogen and oxygen atoms in total. The number of aromatic nitrogens is 1. The summed E-state index contributed by atoms with van der Waals surface area (Å²) >= 11 is 0. The molecular formula is C13H15FNO+. The van der Waals surface area contributed by atoms with Gasteiger partial charge in [0.15, 0.2) is 6.20 Å². The first-order valence-electron chi connectivity index (χ1n) is 4.95. The van der Waals surface area contributed by atoms with Crippen LogP contribution in [0.25, 0.3) is 0 Å². The number of hydrogen-bond donors (Lipinski definition) is 1. The van der Waals surface area contributed by atoms with Gasteiger partial charge in [0, 0.05) is 12.1 Å². The van der Waals surface area contributed by atoms with Gasteiger partial charge >= 0.3 is 5.95 Å². The van der Waals surface area contributed by atoms with E-state index < -0.39 is 0 Å². The van der Waals surface area contributed by atoms with Gasteiger partial charge in [-0.05, 0) is 25.1 Å². The minimum atomic E-state index is -0.215. The van der Waals surface area contributed by atoms with Gasteiger partial charge in [-0.15, -0.1) is 4.39 Å². The zero-order valence-electron chi connectivity index (χ0n) is 9.39. The van der Waals surface area contributed by atoms with Crippen LogP contribution in [0.5, 0.6) is 5.75 Å². The van der Waals surface area contributed by atoms with E-state index in [1.54, 1.807) is 37.5 Å². The summed E-state index contributed by atoms with van der Waals surface area (Å²) < 4.78 is 13.7. The lowest BCUT2D eigenvalue weighted by Gasteiger charge is -1.89. The topological polar surface area (TPSA) is 24.1 Å². The molecule has 0 spiro atoms. The summed E-state index contributed by atoms with van der Waals surface area (Å²) in [4.78, 5) is 0. The molecule has 0 saturated heterocycles. The predicted molar refractivity (Wildman–Crippen MR) is 60.4 cm³/mol. The second-order valence-corrected chi connectivity index (χ2v) is 3.47. The van der Waals surface area contributed by atoms with Crippen LogP contribution in [0.2, 0.25) is 0 Å². The molecular weight excluding hydrogens is 205 g/mol. The number of halogens is 1. The maximum absolute atomic E-state index is 12.3. The molecule has 84 valence electrons. The van der Waals surface area contributed by atoms with Gasteiger partial charge in [0.2, 0.25) is 0 Å². The number of phenols is 1. The average Bonchev–Trinajstić information content (AvgIpc) is 2.28. The van der Waals surface area contributed by atoms with E-state index in [0.29, 0.717) is 5.75 Å². The van der Waals surface area contributed by atoms with E-state index in [1.807, 2.05) is 19.1 Å². The van der Waals surface area contributed by atoms with Crippen molar-refractivity contribution in [1.29, 1.82) is 0 Å². The van der Waals surface area contributed by atoms with E-state index in [9.17, 15) is 4.39 Å². The summed E-state index contributed by atoms with van der Waals surface area (Å²) in [6.07, 6.45) is 1.66. The molecule has 0 aliphatic carbocycles. The molecule has 1 N–H and O–H groups in total. The molecule has 2 rings (SSSR count). The summed E-state index contributed by atoms with van der Waals surface area (Å²) in [7, 11) is 1.66. The molecule has 1 aromatic carbocycles. The average molecular weight is 220 g/mol. The van der Waals surface area contributed by atoms with Crippen LogP contribution in [0.15, 0.2) is 48.7 Å².